The summed E-state index contributed by atoms with van der Waals surface area (Å²) in [5.74, 6) is -12.7. The third kappa shape index (κ3) is 4.36. The van der Waals surface area contributed by atoms with E-state index in [1.807, 2.05) is 4.74 Å². The highest BCUT2D eigenvalue weighted by Gasteiger charge is 2.80. The minimum atomic E-state index is -7.12. The topological polar surface area (TPSA) is 62.5 Å². The lowest BCUT2D eigenvalue weighted by molar-refractivity contribution is -0.523. The Morgan fingerprint density at radius 1 is 0.917 bits per heavy atom. The molecule has 0 spiro atoms. The monoisotopic (exact) mass is 385 g/mol. The van der Waals surface area contributed by atoms with Gasteiger partial charge in [0.2, 0.25) is 0 Å². The van der Waals surface area contributed by atoms with Crippen LogP contribution in [-0.4, -0.2) is 48.2 Å². The van der Waals surface area contributed by atoms with Gasteiger partial charge in [-0.2, -0.15) is 53.6 Å². The van der Waals surface area contributed by atoms with E-state index in [0.717, 1.165) is 0 Å². The summed E-state index contributed by atoms with van der Waals surface area (Å²) in [4.78, 5) is 0. The summed E-state index contributed by atoms with van der Waals surface area (Å²) in [6.07, 6.45) is -26.5. The van der Waals surface area contributed by atoms with Gasteiger partial charge in [-0.1, -0.05) is 0 Å². The van der Waals surface area contributed by atoms with Crippen molar-refractivity contribution in [3.63, 3.8) is 0 Å². The van der Waals surface area contributed by atoms with E-state index in [1.165, 1.54) is 0 Å². The van der Waals surface area contributed by atoms with Crippen LogP contribution in [0.1, 0.15) is 6.42 Å². The van der Waals surface area contributed by atoms with Gasteiger partial charge >= 0.3 is 30.2 Å². The zero-order chi connectivity index (χ0) is 19.6. The van der Waals surface area contributed by atoms with Gasteiger partial charge in [0.15, 0.2) is 0 Å². The van der Waals surface area contributed by atoms with Gasteiger partial charge in [0, 0.05) is 13.0 Å². The third-order valence-electron chi connectivity index (χ3n) is 2.21. The van der Waals surface area contributed by atoms with Crippen LogP contribution in [0, 0.1) is 11.3 Å². The van der Waals surface area contributed by atoms with Crippen molar-refractivity contribution in [3.05, 3.63) is 0 Å². The fourth-order valence-electron chi connectivity index (χ4n) is 1.05. The molecule has 0 aliphatic rings. The molecule has 0 saturated heterocycles. The number of ether oxygens (including phenoxy) is 2. The minimum absolute atomic E-state index is 0.131. The highest BCUT2D eigenvalue weighted by molar-refractivity contribution is 4.92. The van der Waals surface area contributed by atoms with E-state index in [2.05, 4.69) is 4.74 Å². The number of halogens is 11. The molecule has 0 heterocycles. The van der Waals surface area contributed by atoms with Gasteiger partial charge in [-0.25, -0.2) is 0 Å². The largest absolute Gasteiger partial charge is 0.458 e. The molecule has 4 nitrogen and oxygen atoms in total. The lowest BCUT2D eigenvalue weighted by Crippen LogP contribution is -2.63. The fourth-order valence-corrected chi connectivity index (χ4v) is 1.05. The van der Waals surface area contributed by atoms with E-state index in [0.29, 0.717) is 0 Å². The summed E-state index contributed by atoms with van der Waals surface area (Å²) in [5.41, 5.74) is 0. The standard InChI is InChI=1S/C9H6F11NO3/c10-4(3-21)23-9(19,20)6(13,7(14,15)16)24-8(17,18)5(11,12)1-2-22/h4,22H,1-2H2. The molecule has 0 aliphatic heterocycles. The van der Waals surface area contributed by atoms with Crippen molar-refractivity contribution in [2.45, 2.75) is 42.9 Å². The average Bonchev–Trinajstić information content (AvgIpc) is 2.35. The number of aliphatic hydroxyl groups is 1. The van der Waals surface area contributed by atoms with Crippen LogP contribution in [0.5, 0.6) is 0 Å². The van der Waals surface area contributed by atoms with Crippen molar-refractivity contribution in [2.24, 2.45) is 0 Å². The molecule has 0 aliphatic carbocycles. The number of rotatable bonds is 8. The Morgan fingerprint density at radius 3 is 1.71 bits per heavy atom. The molecule has 2 unspecified atom stereocenters. The first-order valence-corrected chi connectivity index (χ1v) is 5.39. The Hall–Kier alpha value is -1.40. The lowest BCUT2D eigenvalue weighted by Gasteiger charge is -2.37. The Bertz CT molecular complexity index is 474. The summed E-state index contributed by atoms with van der Waals surface area (Å²) in [6, 6.07) is 0.131. The molecule has 2 atom stereocenters. The van der Waals surface area contributed by atoms with Crippen LogP contribution in [0.4, 0.5) is 48.3 Å². The second-order valence-corrected chi connectivity index (χ2v) is 3.97. The van der Waals surface area contributed by atoms with E-state index in [9.17, 15) is 48.3 Å². The molecule has 0 saturated carbocycles. The van der Waals surface area contributed by atoms with Crippen molar-refractivity contribution in [2.75, 3.05) is 6.61 Å². The molecule has 0 aromatic rings. The first kappa shape index (κ1) is 22.6. The summed E-state index contributed by atoms with van der Waals surface area (Å²) in [6.45, 7) is -1.76. The smallest absolute Gasteiger partial charge is 0.396 e. The van der Waals surface area contributed by atoms with Crippen LogP contribution in [-0.2, 0) is 9.47 Å². The summed E-state index contributed by atoms with van der Waals surface area (Å²) in [5, 5.41) is 15.9. The van der Waals surface area contributed by atoms with Crippen molar-refractivity contribution in [1.82, 2.24) is 0 Å². The fraction of sp³-hybridized carbons (Fsp3) is 0.889. The lowest BCUT2D eigenvalue weighted by atomic mass is 10.2. The van der Waals surface area contributed by atoms with Crippen molar-refractivity contribution in [3.8, 4) is 6.07 Å². The van der Waals surface area contributed by atoms with E-state index in [4.69, 9.17) is 10.4 Å². The molecule has 1 N–H and O–H groups in total. The molecule has 0 radical (unpaired) electrons. The van der Waals surface area contributed by atoms with Gasteiger partial charge in [0.1, 0.15) is 6.07 Å². The average molecular weight is 385 g/mol. The van der Waals surface area contributed by atoms with Crippen LogP contribution in [0.3, 0.4) is 0 Å². The van der Waals surface area contributed by atoms with E-state index < -0.39 is 49.6 Å². The molecule has 142 valence electrons. The molecule has 0 amide bonds. The minimum Gasteiger partial charge on any atom is -0.396 e. The predicted octanol–water partition coefficient (Wildman–Crippen LogP) is 3.27. The Kier molecular flexibility index (Phi) is 6.44. The maximum Gasteiger partial charge on any atom is 0.458 e. The summed E-state index contributed by atoms with van der Waals surface area (Å²) < 4.78 is 145. The molecular weight excluding hydrogens is 379 g/mol. The maximum atomic E-state index is 13.5. The van der Waals surface area contributed by atoms with Crippen LogP contribution >= 0.6 is 0 Å². The van der Waals surface area contributed by atoms with Gasteiger partial charge in [0.05, 0.1) is 0 Å². The zero-order valence-corrected chi connectivity index (χ0v) is 10.9. The summed E-state index contributed by atoms with van der Waals surface area (Å²) >= 11 is 0. The quantitative estimate of drug-likeness (QED) is 0.652. The zero-order valence-electron chi connectivity index (χ0n) is 10.9. The van der Waals surface area contributed by atoms with Crippen LogP contribution < -0.4 is 0 Å². The molecule has 0 rings (SSSR count). The number of hydrogen-bond donors (Lipinski definition) is 1. The Balaban J connectivity index is 5.93. The second kappa shape index (κ2) is 6.84. The van der Waals surface area contributed by atoms with Gasteiger partial charge < -0.3 is 5.11 Å². The van der Waals surface area contributed by atoms with E-state index >= 15 is 0 Å². The number of nitrogens with zero attached hydrogens (tertiary/aromatic N) is 1. The number of aliphatic hydroxyl groups excluding tert-OH is 1. The van der Waals surface area contributed by atoms with Gasteiger partial charge in [0.25, 0.3) is 6.36 Å². The normalized spacial score (nSPS) is 18.0. The van der Waals surface area contributed by atoms with Crippen molar-refractivity contribution < 1.29 is 62.9 Å². The highest BCUT2D eigenvalue weighted by atomic mass is 19.4. The van der Waals surface area contributed by atoms with Crippen LogP contribution in [0.2, 0.25) is 0 Å². The van der Waals surface area contributed by atoms with Crippen molar-refractivity contribution >= 4 is 0 Å². The number of nitriles is 1. The number of hydrogen-bond acceptors (Lipinski definition) is 4. The third-order valence-corrected chi connectivity index (χ3v) is 2.21. The van der Waals surface area contributed by atoms with Crippen molar-refractivity contribution in [1.29, 1.82) is 5.26 Å². The molecule has 24 heavy (non-hydrogen) atoms. The van der Waals surface area contributed by atoms with Crippen LogP contribution in [0.25, 0.3) is 0 Å². The SMILES string of the molecule is N#CC(F)OC(F)(F)C(F)(OC(F)(F)C(F)(F)CCO)C(F)(F)F. The number of alkyl halides is 11. The molecule has 0 fully saturated rings. The molecule has 15 heteroatoms. The van der Waals surface area contributed by atoms with E-state index in [1.54, 1.807) is 0 Å². The predicted molar refractivity (Wildman–Crippen MR) is 49.1 cm³/mol. The first-order valence-electron chi connectivity index (χ1n) is 5.39. The molecular formula is C9H6F11NO3. The van der Waals surface area contributed by atoms with Gasteiger partial charge in [-0.15, -0.1) is 0 Å². The Morgan fingerprint density at radius 2 is 1.38 bits per heavy atom. The molecule has 0 aromatic heterocycles. The summed E-state index contributed by atoms with van der Waals surface area (Å²) in [7, 11) is 0. The maximum absolute atomic E-state index is 13.5. The molecule has 0 aromatic carbocycles. The van der Waals surface area contributed by atoms with Gasteiger partial charge in [-0.05, 0) is 0 Å². The Labute approximate surface area is 125 Å². The highest BCUT2D eigenvalue weighted by Crippen LogP contribution is 2.52. The van der Waals surface area contributed by atoms with E-state index in [-0.39, 0.29) is 6.07 Å². The molecule has 0 bridgehead atoms. The van der Waals surface area contributed by atoms with Gasteiger partial charge in [-0.3, -0.25) is 9.47 Å². The second-order valence-electron chi connectivity index (χ2n) is 3.97. The van der Waals surface area contributed by atoms with Crippen LogP contribution in [0.15, 0.2) is 0 Å². The first-order chi connectivity index (χ1) is 10.5.